The smallest absolute Gasteiger partial charge is 0.234 e. The first-order chi connectivity index (χ1) is 8.65. The third-order valence-corrected chi connectivity index (χ3v) is 2.55. The van der Waals surface area contributed by atoms with E-state index in [1.54, 1.807) is 19.5 Å². The first-order valence-corrected chi connectivity index (χ1v) is 6.49. The highest BCUT2D eigenvalue weighted by molar-refractivity contribution is 6.18. The van der Waals surface area contributed by atoms with Crippen LogP contribution < -0.4 is 10.1 Å². The van der Waals surface area contributed by atoms with Crippen molar-refractivity contribution in [2.75, 3.05) is 24.9 Å². The largest absolute Gasteiger partial charge is 0.474 e. The average molecular weight is 274 g/mol. The summed E-state index contributed by atoms with van der Waals surface area (Å²) >= 11 is 5.88. The predicted molar refractivity (Wildman–Crippen MR) is 72.4 cm³/mol. The molecular formula is C12H20ClN3O2. The number of alkyl halides is 1. The normalized spacial score (nSPS) is 12.5. The monoisotopic (exact) mass is 273 g/mol. The summed E-state index contributed by atoms with van der Waals surface area (Å²) in [5.74, 6) is 1.66. The molecule has 102 valence electrons. The molecule has 1 aromatic heterocycles. The minimum absolute atomic E-state index is 0.0758. The van der Waals surface area contributed by atoms with Crippen LogP contribution in [0.3, 0.4) is 0 Å². The molecule has 0 bridgehead atoms. The van der Waals surface area contributed by atoms with Crippen LogP contribution in [0.5, 0.6) is 5.88 Å². The third kappa shape index (κ3) is 5.51. The highest BCUT2D eigenvalue weighted by Crippen LogP contribution is 2.13. The Morgan fingerprint density at radius 2 is 2.17 bits per heavy atom. The molecule has 5 nitrogen and oxygen atoms in total. The van der Waals surface area contributed by atoms with Gasteiger partial charge in [-0.3, -0.25) is 4.98 Å². The highest BCUT2D eigenvalue weighted by atomic mass is 35.5. The van der Waals surface area contributed by atoms with Gasteiger partial charge in [0.15, 0.2) is 0 Å². The number of halogens is 1. The molecule has 0 saturated heterocycles. The molecule has 0 aromatic carbocycles. The Morgan fingerprint density at radius 1 is 1.39 bits per heavy atom. The predicted octanol–water partition coefficient (Wildman–Crippen LogP) is 2.32. The maximum Gasteiger partial charge on any atom is 0.234 e. The molecule has 18 heavy (non-hydrogen) atoms. The van der Waals surface area contributed by atoms with E-state index in [1.807, 2.05) is 13.8 Å². The molecule has 0 spiro atoms. The van der Waals surface area contributed by atoms with Gasteiger partial charge in [-0.1, -0.05) is 0 Å². The summed E-state index contributed by atoms with van der Waals surface area (Å²) in [6, 6.07) is 0.107. The molecule has 1 unspecified atom stereocenters. The molecule has 1 heterocycles. The van der Waals surface area contributed by atoms with Gasteiger partial charge in [0.25, 0.3) is 0 Å². The van der Waals surface area contributed by atoms with Crippen molar-refractivity contribution in [3.8, 4) is 5.88 Å². The second-order valence-electron chi connectivity index (χ2n) is 4.19. The Kier molecular flexibility index (Phi) is 6.75. The molecule has 0 aliphatic carbocycles. The van der Waals surface area contributed by atoms with E-state index in [4.69, 9.17) is 21.1 Å². The van der Waals surface area contributed by atoms with Crippen LogP contribution in [0.25, 0.3) is 0 Å². The fraction of sp³-hybridized carbons (Fsp3) is 0.667. The maximum atomic E-state index is 5.88. The first kappa shape index (κ1) is 15.0. The molecule has 1 aromatic rings. The van der Waals surface area contributed by atoms with Crippen molar-refractivity contribution in [2.24, 2.45) is 0 Å². The second-order valence-corrected chi connectivity index (χ2v) is 4.49. The van der Waals surface area contributed by atoms with E-state index < -0.39 is 0 Å². The highest BCUT2D eigenvalue weighted by Gasteiger charge is 2.09. The summed E-state index contributed by atoms with van der Waals surface area (Å²) in [7, 11) is 1.67. The summed E-state index contributed by atoms with van der Waals surface area (Å²) in [5, 5.41) is 3.21. The third-order valence-electron chi connectivity index (χ3n) is 2.18. The number of hydrogen-bond acceptors (Lipinski definition) is 5. The van der Waals surface area contributed by atoms with Gasteiger partial charge in [0.05, 0.1) is 18.5 Å². The number of aromatic nitrogens is 2. The lowest BCUT2D eigenvalue weighted by Gasteiger charge is -2.16. The van der Waals surface area contributed by atoms with Crippen molar-refractivity contribution in [2.45, 2.75) is 32.4 Å². The van der Waals surface area contributed by atoms with Gasteiger partial charge in [-0.2, -0.15) is 4.98 Å². The molecule has 1 N–H and O–H groups in total. The summed E-state index contributed by atoms with van der Waals surface area (Å²) in [6.07, 6.45) is 4.14. The molecule has 0 amide bonds. The fourth-order valence-electron chi connectivity index (χ4n) is 1.37. The molecule has 1 atom stereocenters. The van der Waals surface area contributed by atoms with Gasteiger partial charge in [0.1, 0.15) is 5.82 Å². The lowest BCUT2D eigenvalue weighted by atomic mass is 10.2. The van der Waals surface area contributed by atoms with Crippen LogP contribution in [0.4, 0.5) is 5.82 Å². The second kappa shape index (κ2) is 8.11. The summed E-state index contributed by atoms with van der Waals surface area (Å²) in [6.45, 7) is 4.55. The van der Waals surface area contributed by atoms with E-state index in [0.29, 0.717) is 24.2 Å². The molecule has 6 heteroatoms. The van der Waals surface area contributed by atoms with E-state index in [0.717, 1.165) is 6.42 Å². The molecular weight excluding hydrogens is 254 g/mol. The zero-order valence-corrected chi connectivity index (χ0v) is 11.8. The van der Waals surface area contributed by atoms with Gasteiger partial charge in [0, 0.05) is 25.6 Å². The molecule has 0 saturated carbocycles. The first-order valence-electron chi connectivity index (χ1n) is 5.95. The Bertz CT molecular complexity index is 350. The number of hydrogen-bond donors (Lipinski definition) is 1. The van der Waals surface area contributed by atoms with Crippen LogP contribution in [-0.4, -0.2) is 41.7 Å². The molecule has 0 aliphatic heterocycles. The van der Waals surface area contributed by atoms with E-state index >= 15 is 0 Å². The van der Waals surface area contributed by atoms with Crippen LogP contribution in [-0.2, 0) is 4.74 Å². The number of anilines is 1. The summed E-state index contributed by atoms with van der Waals surface area (Å²) < 4.78 is 10.5. The number of nitrogens with zero attached hydrogens (tertiary/aromatic N) is 2. The Morgan fingerprint density at radius 3 is 2.78 bits per heavy atom. The summed E-state index contributed by atoms with van der Waals surface area (Å²) in [5.41, 5.74) is 0. The number of nitrogens with one attached hydrogen (secondary N) is 1. The van der Waals surface area contributed by atoms with Crippen LogP contribution in [0, 0.1) is 0 Å². The van der Waals surface area contributed by atoms with Crippen LogP contribution in [0.15, 0.2) is 12.4 Å². The maximum absolute atomic E-state index is 5.88. The minimum Gasteiger partial charge on any atom is -0.474 e. The van der Waals surface area contributed by atoms with Gasteiger partial charge in [0.2, 0.25) is 5.88 Å². The van der Waals surface area contributed by atoms with E-state index in [9.17, 15) is 0 Å². The number of methoxy groups -OCH3 is 1. The molecule has 1 rings (SSSR count). The fourth-order valence-corrected chi connectivity index (χ4v) is 1.60. The Labute approximate surface area is 113 Å². The Balaban J connectivity index is 2.59. The van der Waals surface area contributed by atoms with Crippen molar-refractivity contribution >= 4 is 17.4 Å². The Hall–Kier alpha value is -1.07. The number of rotatable bonds is 8. The standard InChI is InChI=1S/C12H20ClN3O2/c1-9(2)18-12-8-14-7-11(16-12)15-10(6-13)4-5-17-3/h7-10H,4-6H2,1-3H3,(H,15,16). The van der Waals surface area contributed by atoms with Crippen LogP contribution in [0.1, 0.15) is 20.3 Å². The van der Waals surface area contributed by atoms with Crippen molar-refractivity contribution < 1.29 is 9.47 Å². The lowest BCUT2D eigenvalue weighted by Crippen LogP contribution is -2.24. The van der Waals surface area contributed by atoms with Crippen molar-refractivity contribution in [1.82, 2.24) is 9.97 Å². The molecule has 0 fully saturated rings. The van der Waals surface area contributed by atoms with Gasteiger partial charge >= 0.3 is 0 Å². The molecule has 0 radical (unpaired) electrons. The van der Waals surface area contributed by atoms with Gasteiger partial charge in [-0.05, 0) is 20.3 Å². The van der Waals surface area contributed by atoms with Crippen molar-refractivity contribution in [1.29, 1.82) is 0 Å². The van der Waals surface area contributed by atoms with Gasteiger partial charge < -0.3 is 14.8 Å². The SMILES string of the molecule is COCCC(CCl)Nc1cncc(OC(C)C)n1. The van der Waals surface area contributed by atoms with Crippen molar-refractivity contribution in [3.05, 3.63) is 12.4 Å². The van der Waals surface area contributed by atoms with Gasteiger partial charge in [-0.25, -0.2) is 0 Å². The zero-order valence-electron chi connectivity index (χ0n) is 11.0. The summed E-state index contributed by atoms with van der Waals surface area (Å²) in [4.78, 5) is 8.39. The quantitative estimate of drug-likeness (QED) is 0.737. The van der Waals surface area contributed by atoms with Gasteiger partial charge in [-0.15, -0.1) is 11.6 Å². The van der Waals surface area contributed by atoms with Crippen molar-refractivity contribution in [3.63, 3.8) is 0 Å². The minimum atomic E-state index is 0.0758. The van der Waals surface area contributed by atoms with E-state index in [2.05, 4.69) is 15.3 Å². The number of ether oxygens (including phenoxy) is 2. The topological polar surface area (TPSA) is 56.3 Å². The zero-order chi connectivity index (χ0) is 13.4. The van der Waals surface area contributed by atoms with E-state index in [-0.39, 0.29) is 12.1 Å². The molecule has 0 aliphatic rings. The van der Waals surface area contributed by atoms with Crippen LogP contribution >= 0.6 is 11.6 Å². The average Bonchev–Trinajstić information content (AvgIpc) is 2.34. The van der Waals surface area contributed by atoms with E-state index in [1.165, 1.54) is 0 Å². The lowest BCUT2D eigenvalue weighted by molar-refractivity contribution is 0.191. The van der Waals surface area contributed by atoms with Crippen LogP contribution in [0.2, 0.25) is 0 Å².